The predicted octanol–water partition coefficient (Wildman–Crippen LogP) is 3.06. The molecule has 126 valence electrons. The number of amides is 1. The normalized spacial score (nSPS) is 24.4. The minimum Gasteiger partial charge on any atom is -0.336 e. The minimum absolute atomic E-state index is 0.121. The van der Waals surface area contributed by atoms with Crippen molar-refractivity contribution >= 4 is 5.91 Å². The lowest BCUT2D eigenvalue weighted by Crippen LogP contribution is -2.38. The van der Waals surface area contributed by atoms with Gasteiger partial charge in [0.1, 0.15) is 0 Å². The van der Waals surface area contributed by atoms with E-state index in [0.29, 0.717) is 12.5 Å². The van der Waals surface area contributed by atoms with Gasteiger partial charge in [-0.05, 0) is 44.2 Å². The van der Waals surface area contributed by atoms with E-state index in [-0.39, 0.29) is 17.4 Å². The lowest BCUT2D eigenvalue weighted by atomic mass is 9.95. The molecule has 2 aliphatic rings. The van der Waals surface area contributed by atoms with Crippen LogP contribution < -0.4 is 0 Å². The first kappa shape index (κ1) is 15.4. The predicted molar refractivity (Wildman–Crippen MR) is 93.4 cm³/mol. The first-order valence-corrected chi connectivity index (χ1v) is 8.87. The number of benzene rings is 1. The molecular formula is C20H25N3O. The van der Waals surface area contributed by atoms with Gasteiger partial charge in [0, 0.05) is 42.7 Å². The van der Waals surface area contributed by atoms with Crippen LogP contribution in [0.25, 0.3) is 0 Å². The molecule has 2 aromatic rings. The smallest absolute Gasteiger partial charge is 0.227 e. The van der Waals surface area contributed by atoms with E-state index in [1.807, 2.05) is 24.3 Å². The SMILES string of the molecule is CC(C)N(Cc1cnn(C)c1)C(=O)[C@@H]1C[C@@]12CCc1ccccc12. The van der Waals surface area contributed by atoms with E-state index in [1.54, 1.807) is 4.68 Å². The Morgan fingerprint density at radius 1 is 1.42 bits per heavy atom. The van der Waals surface area contributed by atoms with Crippen LogP contribution >= 0.6 is 0 Å². The third-order valence-electron chi connectivity index (χ3n) is 5.79. The van der Waals surface area contributed by atoms with Crippen molar-refractivity contribution in [2.24, 2.45) is 13.0 Å². The van der Waals surface area contributed by atoms with Gasteiger partial charge in [-0.1, -0.05) is 24.3 Å². The quantitative estimate of drug-likeness (QED) is 0.867. The molecule has 2 aliphatic carbocycles. The van der Waals surface area contributed by atoms with Gasteiger partial charge < -0.3 is 4.90 Å². The number of carbonyl (C=O) groups is 1. The van der Waals surface area contributed by atoms with Crippen molar-refractivity contribution in [3.05, 3.63) is 53.3 Å². The van der Waals surface area contributed by atoms with E-state index in [4.69, 9.17) is 0 Å². The molecule has 4 heteroatoms. The Hall–Kier alpha value is -2.10. The number of hydrogen-bond acceptors (Lipinski definition) is 2. The van der Waals surface area contributed by atoms with Gasteiger partial charge in [0.2, 0.25) is 5.91 Å². The number of nitrogens with zero attached hydrogens (tertiary/aromatic N) is 3. The van der Waals surface area contributed by atoms with Crippen molar-refractivity contribution in [3.8, 4) is 0 Å². The zero-order valence-corrected chi connectivity index (χ0v) is 14.7. The van der Waals surface area contributed by atoms with Crippen LogP contribution in [0.1, 0.15) is 43.4 Å². The summed E-state index contributed by atoms with van der Waals surface area (Å²) in [6.07, 6.45) is 7.11. The van der Waals surface area contributed by atoms with Crippen LogP contribution in [0, 0.1) is 5.92 Å². The second-order valence-corrected chi connectivity index (χ2v) is 7.65. The first-order valence-electron chi connectivity index (χ1n) is 8.87. The standard InChI is InChI=1S/C20H25N3O/c1-14(2)23(13-15-11-21-22(3)12-15)19(24)18-10-20(18)9-8-16-6-4-5-7-17(16)20/h4-7,11-12,14,18H,8-10,13H2,1-3H3/t18-,20+/m0/s1. The highest BCUT2D eigenvalue weighted by molar-refractivity contribution is 5.85. The number of fused-ring (bicyclic) bond motifs is 2. The Labute approximate surface area is 143 Å². The average molecular weight is 323 g/mol. The molecule has 0 radical (unpaired) electrons. The van der Waals surface area contributed by atoms with Crippen molar-refractivity contribution in [1.82, 2.24) is 14.7 Å². The van der Waals surface area contributed by atoms with E-state index >= 15 is 0 Å². The molecule has 1 heterocycles. The van der Waals surface area contributed by atoms with E-state index in [2.05, 4.69) is 43.2 Å². The van der Waals surface area contributed by atoms with Crippen molar-refractivity contribution in [2.75, 3.05) is 0 Å². The maximum Gasteiger partial charge on any atom is 0.227 e. The zero-order chi connectivity index (χ0) is 16.9. The molecule has 1 fully saturated rings. The number of aromatic nitrogens is 2. The number of carbonyl (C=O) groups excluding carboxylic acids is 1. The van der Waals surface area contributed by atoms with Gasteiger partial charge in [-0.3, -0.25) is 9.48 Å². The lowest BCUT2D eigenvalue weighted by Gasteiger charge is -2.27. The third kappa shape index (κ3) is 2.36. The molecule has 0 unspecified atom stereocenters. The summed E-state index contributed by atoms with van der Waals surface area (Å²) < 4.78 is 1.80. The van der Waals surface area contributed by atoms with Crippen LogP contribution in [-0.2, 0) is 30.2 Å². The van der Waals surface area contributed by atoms with Crippen molar-refractivity contribution in [2.45, 2.75) is 51.1 Å². The second-order valence-electron chi connectivity index (χ2n) is 7.65. The maximum absolute atomic E-state index is 13.2. The summed E-state index contributed by atoms with van der Waals surface area (Å²) >= 11 is 0. The van der Waals surface area contributed by atoms with Gasteiger partial charge in [0.15, 0.2) is 0 Å². The molecule has 0 N–H and O–H groups in total. The summed E-state index contributed by atoms with van der Waals surface area (Å²) in [5, 5.41) is 4.23. The highest BCUT2D eigenvalue weighted by Crippen LogP contribution is 2.62. The highest BCUT2D eigenvalue weighted by Gasteiger charge is 2.62. The van der Waals surface area contributed by atoms with Crippen molar-refractivity contribution < 1.29 is 4.79 Å². The van der Waals surface area contributed by atoms with Crippen LogP contribution in [0.2, 0.25) is 0 Å². The van der Waals surface area contributed by atoms with Crippen LogP contribution in [0.15, 0.2) is 36.7 Å². The molecule has 0 aliphatic heterocycles. The van der Waals surface area contributed by atoms with E-state index in [1.165, 1.54) is 11.1 Å². The van der Waals surface area contributed by atoms with Crippen LogP contribution in [-0.4, -0.2) is 26.6 Å². The topological polar surface area (TPSA) is 38.1 Å². The van der Waals surface area contributed by atoms with E-state index < -0.39 is 0 Å². The summed E-state index contributed by atoms with van der Waals surface area (Å²) in [5.41, 5.74) is 4.08. The first-order chi connectivity index (χ1) is 11.5. The summed E-state index contributed by atoms with van der Waals surface area (Å²) in [6.45, 7) is 4.86. The van der Waals surface area contributed by atoms with Gasteiger partial charge in [0.25, 0.3) is 0 Å². The fourth-order valence-corrected chi connectivity index (χ4v) is 4.38. The van der Waals surface area contributed by atoms with Gasteiger partial charge in [0.05, 0.1) is 6.20 Å². The largest absolute Gasteiger partial charge is 0.336 e. The molecule has 0 bridgehead atoms. The third-order valence-corrected chi connectivity index (χ3v) is 5.79. The zero-order valence-electron chi connectivity index (χ0n) is 14.7. The Kier molecular flexibility index (Phi) is 3.52. The summed E-state index contributed by atoms with van der Waals surface area (Å²) in [5.74, 6) is 0.464. The number of aryl methyl sites for hydroxylation is 2. The molecule has 24 heavy (non-hydrogen) atoms. The van der Waals surface area contributed by atoms with Gasteiger partial charge in [-0.15, -0.1) is 0 Å². The molecule has 1 amide bonds. The van der Waals surface area contributed by atoms with E-state index in [9.17, 15) is 4.79 Å². The molecule has 1 aromatic carbocycles. The molecule has 1 aromatic heterocycles. The highest BCUT2D eigenvalue weighted by atomic mass is 16.2. The van der Waals surface area contributed by atoms with Gasteiger partial charge in [-0.25, -0.2) is 0 Å². The van der Waals surface area contributed by atoms with Crippen molar-refractivity contribution in [3.63, 3.8) is 0 Å². The number of hydrogen-bond donors (Lipinski definition) is 0. The average Bonchev–Trinajstić information content (AvgIpc) is 2.97. The molecule has 4 rings (SSSR count). The minimum atomic E-state index is 0.121. The van der Waals surface area contributed by atoms with E-state index in [0.717, 1.165) is 24.8 Å². The lowest BCUT2D eigenvalue weighted by molar-refractivity contribution is -0.135. The fraction of sp³-hybridized carbons (Fsp3) is 0.500. The van der Waals surface area contributed by atoms with Gasteiger partial charge in [-0.2, -0.15) is 5.10 Å². The van der Waals surface area contributed by atoms with Crippen LogP contribution in [0.3, 0.4) is 0 Å². The molecule has 1 spiro atoms. The Morgan fingerprint density at radius 3 is 2.92 bits per heavy atom. The van der Waals surface area contributed by atoms with Crippen LogP contribution in [0.5, 0.6) is 0 Å². The molecular weight excluding hydrogens is 298 g/mol. The molecule has 1 saturated carbocycles. The molecule has 2 atom stereocenters. The molecule has 0 saturated heterocycles. The maximum atomic E-state index is 13.2. The number of rotatable bonds is 4. The van der Waals surface area contributed by atoms with Crippen molar-refractivity contribution in [1.29, 1.82) is 0 Å². The Bertz CT molecular complexity index is 779. The summed E-state index contributed by atoms with van der Waals surface area (Å²) in [4.78, 5) is 15.3. The summed E-state index contributed by atoms with van der Waals surface area (Å²) in [7, 11) is 1.91. The Morgan fingerprint density at radius 2 is 2.21 bits per heavy atom. The Balaban J connectivity index is 1.55. The van der Waals surface area contributed by atoms with Crippen LogP contribution in [0.4, 0.5) is 0 Å². The fourth-order valence-electron chi connectivity index (χ4n) is 4.38. The second kappa shape index (κ2) is 5.47. The molecule has 4 nitrogen and oxygen atoms in total. The van der Waals surface area contributed by atoms with Gasteiger partial charge >= 0.3 is 0 Å². The monoisotopic (exact) mass is 323 g/mol. The summed E-state index contributed by atoms with van der Waals surface area (Å²) in [6, 6.07) is 8.88.